The van der Waals surface area contributed by atoms with Gasteiger partial charge in [-0.05, 0) is 54.4 Å². The van der Waals surface area contributed by atoms with Crippen molar-refractivity contribution in [3.05, 3.63) is 72.1 Å². The van der Waals surface area contributed by atoms with Crippen molar-refractivity contribution in [1.82, 2.24) is 47.2 Å². The molecule has 8 amide bonds. The second-order valence-corrected chi connectivity index (χ2v) is 19.3. The molecule has 23 nitrogen and oxygen atoms in total. The average molecular weight is 1070 g/mol. The zero-order chi connectivity index (χ0) is 54.8. The number of para-hydroxylation sites is 2. The van der Waals surface area contributed by atoms with Crippen LogP contribution in [0.1, 0.15) is 70.9 Å². The predicted octanol–water partition coefficient (Wildman–Crippen LogP) is -0.0681. The first-order valence-electron chi connectivity index (χ1n) is 24.0. The highest BCUT2D eigenvalue weighted by molar-refractivity contribution is 7.80. The lowest BCUT2D eigenvalue weighted by atomic mass is 9.98. The number of nitrogens with one attached hydrogen (secondary N) is 9. The molecule has 0 aliphatic heterocycles. The number of primary amides is 1. The minimum atomic E-state index is -1.63. The molecule has 2 aromatic carbocycles. The number of amides is 8. The maximum absolute atomic E-state index is 14.7. The van der Waals surface area contributed by atoms with E-state index in [-0.39, 0.29) is 49.5 Å². The van der Waals surface area contributed by atoms with Gasteiger partial charge in [-0.3, -0.25) is 43.2 Å². The molecule has 0 bridgehead atoms. The summed E-state index contributed by atoms with van der Waals surface area (Å²) < 4.78 is 0. The molecule has 2 aromatic heterocycles. The van der Waals surface area contributed by atoms with Gasteiger partial charge in [0.2, 0.25) is 47.3 Å². The van der Waals surface area contributed by atoms with Gasteiger partial charge in [0.25, 0.3) is 0 Å². The Morgan fingerprint density at radius 1 is 0.541 bits per heavy atom. The van der Waals surface area contributed by atoms with Gasteiger partial charge in [-0.25, -0.2) is 4.79 Å². The number of carbonyl (C=O) groups excluding carboxylic acids is 8. The van der Waals surface area contributed by atoms with Gasteiger partial charge in [0.05, 0.1) is 6.04 Å². The molecule has 402 valence electrons. The highest BCUT2D eigenvalue weighted by atomic mass is 32.1. The van der Waals surface area contributed by atoms with Gasteiger partial charge in [-0.15, -0.1) is 0 Å². The van der Waals surface area contributed by atoms with E-state index in [0.717, 1.165) is 10.9 Å². The monoisotopic (exact) mass is 1070 g/mol. The van der Waals surface area contributed by atoms with E-state index in [2.05, 4.69) is 72.4 Å². The SMILES string of the molecule is CC(C)C[C@H](NC(=O)[C@H](Cc1c[nH]c2ccccc12)NC(=O)[C@H](CCC(=O)O)NC(=O)[C@H](CCC(N)=O)NC(=O)[C@@H](N)CS)C(=O)N[C@@H](Cc1c[nH]c2ccccc12)C(=O)N[C@H](C(=O)N[C@@H](CS)C(=O)O)C(C)C. The number of hydrogen-bond acceptors (Lipinski definition) is 13. The van der Waals surface area contributed by atoms with Crippen LogP contribution in [0.5, 0.6) is 0 Å². The maximum atomic E-state index is 14.7. The van der Waals surface area contributed by atoms with Gasteiger partial charge < -0.3 is 68.9 Å². The van der Waals surface area contributed by atoms with E-state index in [4.69, 9.17) is 11.5 Å². The summed E-state index contributed by atoms with van der Waals surface area (Å²) in [6.45, 7) is 6.86. The largest absolute Gasteiger partial charge is 0.481 e. The molecule has 2 heterocycles. The number of fused-ring (bicyclic) bond motifs is 2. The Hall–Kier alpha value is -7.12. The molecule has 74 heavy (non-hydrogen) atoms. The Labute approximate surface area is 437 Å². The number of carbonyl (C=O) groups is 10. The second-order valence-electron chi connectivity index (χ2n) is 18.6. The molecule has 25 heteroatoms. The van der Waals surface area contributed by atoms with E-state index in [1.165, 1.54) is 0 Å². The third kappa shape index (κ3) is 17.5. The van der Waals surface area contributed by atoms with Crippen molar-refractivity contribution in [3.63, 3.8) is 0 Å². The van der Waals surface area contributed by atoms with E-state index >= 15 is 0 Å². The average Bonchev–Trinajstić information content (AvgIpc) is 3.96. The zero-order valence-corrected chi connectivity index (χ0v) is 43.2. The smallest absolute Gasteiger partial charge is 0.327 e. The summed E-state index contributed by atoms with van der Waals surface area (Å²) in [4.78, 5) is 139. The highest BCUT2D eigenvalue weighted by Gasteiger charge is 2.36. The van der Waals surface area contributed by atoms with Crippen LogP contribution in [0.15, 0.2) is 60.9 Å². The first kappa shape index (κ1) is 59.4. The fourth-order valence-electron chi connectivity index (χ4n) is 7.94. The molecule has 8 atom stereocenters. The summed E-state index contributed by atoms with van der Waals surface area (Å²) >= 11 is 8.03. The van der Waals surface area contributed by atoms with E-state index in [9.17, 15) is 58.2 Å². The molecule has 4 aromatic rings. The molecule has 15 N–H and O–H groups in total. The second kappa shape index (κ2) is 28.4. The minimum Gasteiger partial charge on any atom is -0.481 e. The summed E-state index contributed by atoms with van der Waals surface area (Å²) in [5.74, 6) is -10.7. The summed E-state index contributed by atoms with van der Waals surface area (Å²) in [6, 6.07) is 3.23. The Bertz CT molecular complexity index is 2660. The molecule has 0 aliphatic carbocycles. The predicted molar refractivity (Wildman–Crippen MR) is 280 cm³/mol. The van der Waals surface area contributed by atoms with Crippen LogP contribution in [0.3, 0.4) is 0 Å². The third-order valence-electron chi connectivity index (χ3n) is 12.0. The number of carboxylic acids is 2. The van der Waals surface area contributed by atoms with Crippen LogP contribution in [-0.2, 0) is 60.8 Å². The molecule has 0 unspecified atom stereocenters. The fraction of sp³-hybridized carbons (Fsp3) is 0.469. The van der Waals surface area contributed by atoms with Crippen LogP contribution in [0, 0.1) is 11.8 Å². The van der Waals surface area contributed by atoms with Gasteiger partial charge >= 0.3 is 11.9 Å². The number of nitrogens with two attached hydrogens (primary N) is 2. The summed E-state index contributed by atoms with van der Waals surface area (Å²) in [5.41, 5.74) is 13.7. The van der Waals surface area contributed by atoms with E-state index < -0.39 is 126 Å². The molecule has 0 saturated carbocycles. The normalized spacial score (nSPS) is 14.6. The highest BCUT2D eigenvalue weighted by Crippen LogP contribution is 2.22. The minimum absolute atomic E-state index is 0.0106. The van der Waals surface area contributed by atoms with Gasteiger partial charge in [0, 0.05) is 71.4 Å². The maximum Gasteiger partial charge on any atom is 0.327 e. The number of benzene rings is 2. The Morgan fingerprint density at radius 3 is 1.41 bits per heavy atom. The number of aliphatic carboxylic acids is 2. The standard InChI is InChI=1S/C49H67N11O12S2/c1-24(2)17-35(45(67)58-37(19-27-21-53-32-12-8-6-10-29(27)32)47(69)60-41(25(3)4)48(70)59-38(23-74)49(71)72)56-46(68)36(18-26-20-52-31-11-7-5-9-28(26)31)57-44(66)34(14-16-40(62)63)55-43(65)33(13-15-39(51)61)54-42(64)30(50)22-73/h5-12,20-21,24-25,30,33-38,41,52-53,73-74H,13-19,22-23,50H2,1-4H3,(H2,51,61)(H,54,64)(H,55,65)(H,56,68)(H,57,66)(H,58,67)(H,59,70)(H,60,69)(H,62,63)(H,71,72)/t30-,33-,34-,35-,36-,37-,38-,41-/m0/s1. The van der Waals surface area contributed by atoms with E-state index in [1.54, 1.807) is 70.4 Å². The van der Waals surface area contributed by atoms with Crippen LogP contribution in [0.25, 0.3) is 21.8 Å². The Kier molecular flexibility index (Phi) is 22.8. The summed E-state index contributed by atoms with van der Waals surface area (Å²) in [7, 11) is 0. The Balaban J connectivity index is 1.70. The number of hydrogen-bond donors (Lipinski definition) is 15. The van der Waals surface area contributed by atoms with Gasteiger partial charge in [-0.1, -0.05) is 64.1 Å². The lowest BCUT2D eigenvalue weighted by Gasteiger charge is -2.29. The molecule has 0 radical (unpaired) electrons. The third-order valence-corrected chi connectivity index (χ3v) is 12.7. The zero-order valence-electron chi connectivity index (χ0n) is 41.4. The van der Waals surface area contributed by atoms with Crippen LogP contribution in [0.2, 0.25) is 0 Å². The first-order valence-corrected chi connectivity index (χ1v) is 25.2. The number of carboxylic acid groups (broad SMARTS) is 2. The van der Waals surface area contributed by atoms with Crippen LogP contribution >= 0.6 is 25.3 Å². The lowest BCUT2D eigenvalue weighted by molar-refractivity contribution is -0.142. The van der Waals surface area contributed by atoms with Crippen LogP contribution in [0.4, 0.5) is 0 Å². The molecule has 4 rings (SSSR count). The molecule has 0 aliphatic rings. The van der Waals surface area contributed by atoms with Crippen molar-refractivity contribution in [2.75, 3.05) is 11.5 Å². The van der Waals surface area contributed by atoms with Gasteiger partial charge in [-0.2, -0.15) is 25.3 Å². The van der Waals surface area contributed by atoms with Crippen molar-refractivity contribution in [1.29, 1.82) is 0 Å². The van der Waals surface area contributed by atoms with Crippen LogP contribution in [-0.4, -0.2) is 139 Å². The molecular formula is C49H67N11O12S2. The number of aromatic nitrogens is 2. The lowest BCUT2D eigenvalue weighted by Crippen LogP contribution is -2.61. The quantitative estimate of drug-likeness (QED) is 0.0305. The molecule has 0 fully saturated rings. The number of aromatic amines is 2. The van der Waals surface area contributed by atoms with Crippen molar-refractivity contribution >= 4 is 106 Å². The van der Waals surface area contributed by atoms with Crippen molar-refractivity contribution < 1.29 is 58.2 Å². The number of rotatable bonds is 30. The topological polar surface area (TPSA) is 379 Å². The summed E-state index contributed by atoms with van der Waals surface area (Å²) in [6.07, 6.45) is 1.19. The Morgan fingerprint density at radius 2 is 0.959 bits per heavy atom. The van der Waals surface area contributed by atoms with Gasteiger partial charge in [0.15, 0.2) is 0 Å². The van der Waals surface area contributed by atoms with Crippen molar-refractivity contribution in [3.8, 4) is 0 Å². The fourth-order valence-corrected chi connectivity index (χ4v) is 8.35. The molecule has 0 spiro atoms. The van der Waals surface area contributed by atoms with Gasteiger partial charge in [0.1, 0.15) is 42.3 Å². The van der Waals surface area contributed by atoms with E-state index in [1.807, 2.05) is 18.2 Å². The first-order chi connectivity index (χ1) is 35.0. The summed E-state index contributed by atoms with van der Waals surface area (Å²) in [5, 5.41) is 38.7. The number of thiol groups is 2. The van der Waals surface area contributed by atoms with Crippen molar-refractivity contribution in [2.24, 2.45) is 23.3 Å². The van der Waals surface area contributed by atoms with E-state index in [0.29, 0.717) is 22.0 Å². The van der Waals surface area contributed by atoms with Crippen molar-refractivity contribution in [2.45, 2.75) is 121 Å². The number of H-pyrrole nitrogens is 2. The molecular weight excluding hydrogens is 999 g/mol. The molecule has 0 saturated heterocycles. The van der Waals surface area contributed by atoms with Crippen LogP contribution < -0.4 is 48.7 Å².